The van der Waals surface area contributed by atoms with Crippen LogP contribution in [0.1, 0.15) is 5.56 Å². The first-order valence-electron chi connectivity index (χ1n) is 14.5. The fourth-order valence-electron chi connectivity index (χ4n) is 4.81. The predicted octanol–water partition coefficient (Wildman–Crippen LogP) is 4.50. The van der Waals surface area contributed by atoms with E-state index in [9.17, 15) is 34.6 Å². The van der Waals surface area contributed by atoms with Crippen LogP contribution >= 0.6 is 0 Å². The Morgan fingerprint density at radius 3 is 2.19 bits per heavy atom. The molecule has 0 saturated carbocycles. The van der Waals surface area contributed by atoms with Crippen molar-refractivity contribution in [2.24, 2.45) is 16.0 Å². The van der Waals surface area contributed by atoms with Crippen molar-refractivity contribution in [1.29, 1.82) is 0 Å². The summed E-state index contributed by atoms with van der Waals surface area (Å²) in [6.45, 7) is 0. The van der Waals surface area contributed by atoms with E-state index in [1.165, 1.54) is 30.6 Å². The number of primary amides is 1. The van der Waals surface area contributed by atoms with Crippen LogP contribution in [0.4, 0.5) is 45.1 Å². The van der Waals surface area contributed by atoms with E-state index in [0.717, 1.165) is 38.1 Å². The summed E-state index contributed by atoms with van der Waals surface area (Å²) in [4.78, 5) is 25.3. The molecule has 5 aromatic rings. The van der Waals surface area contributed by atoms with Gasteiger partial charge in [0.1, 0.15) is 33.2 Å². The third-order valence-corrected chi connectivity index (χ3v) is 10.5. The Balaban J connectivity index is 1.58. The Hall–Kier alpha value is -5.65. The maximum absolute atomic E-state index is 13.0. The molecule has 19 nitrogen and oxygen atoms in total. The zero-order chi connectivity index (χ0) is 37.8. The fraction of sp³-hybridized carbons (Fsp3) is 0.133. The van der Waals surface area contributed by atoms with Gasteiger partial charge in [0.2, 0.25) is 11.9 Å². The van der Waals surface area contributed by atoms with Gasteiger partial charge in [-0.05, 0) is 65.5 Å². The minimum Gasteiger partial charge on any atom is -0.351 e. The number of rotatable bonds is 13. The maximum Gasteiger partial charge on any atom is 0.316 e. The van der Waals surface area contributed by atoms with Crippen LogP contribution in [0.3, 0.4) is 0 Å². The van der Waals surface area contributed by atoms with Gasteiger partial charge in [0.25, 0.3) is 30.4 Å². The molecule has 2 amide bonds. The Bertz CT molecular complexity index is 2540. The normalized spacial score (nSPS) is 12.2. The number of nitrogens with zero attached hydrogens (tertiary/aromatic N) is 6. The Kier molecular flexibility index (Phi) is 10.8. The van der Waals surface area contributed by atoms with E-state index in [4.69, 9.17) is 5.73 Å². The number of nitrogens with two attached hydrogens (primary N) is 1. The van der Waals surface area contributed by atoms with Gasteiger partial charge in [0.15, 0.2) is 0 Å². The van der Waals surface area contributed by atoms with E-state index in [1.807, 2.05) is 30.3 Å². The van der Waals surface area contributed by atoms with Crippen LogP contribution in [0.2, 0.25) is 0 Å². The van der Waals surface area contributed by atoms with Gasteiger partial charge in [-0.2, -0.15) is 30.2 Å². The van der Waals surface area contributed by atoms with Crippen LogP contribution in [-0.2, 0) is 44.5 Å². The molecule has 5 N–H and O–H groups in total. The molecule has 4 aromatic carbocycles. The smallest absolute Gasteiger partial charge is 0.316 e. The van der Waals surface area contributed by atoms with Crippen LogP contribution in [-0.4, -0.2) is 72.1 Å². The molecular formula is C30H29N9O10S3. The van der Waals surface area contributed by atoms with E-state index in [-0.39, 0.29) is 33.7 Å². The molecule has 5 rings (SSSR count). The second-order valence-corrected chi connectivity index (χ2v) is 15.5. The van der Waals surface area contributed by atoms with Crippen LogP contribution in [0.25, 0.3) is 10.8 Å². The molecule has 0 bridgehead atoms. The van der Waals surface area contributed by atoms with Gasteiger partial charge in [-0.15, -0.1) is 10.2 Å². The molecule has 0 unspecified atom stereocenters. The van der Waals surface area contributed by atoms with Gasteiger partial charge in [-0.25, -0.2) is 14.8 Å². The first-order valence-corrected chi connectivity index (χ1v) is 19.0. The third kappa shape index (κ3) is 8.79. The van der Waals surface area contributed by atoms with Crippen molar-refractivity contribution in [3.8, 4) is 0 Å². The Morgan fingerprint density at radius 2 is 1.54 bits per heavy atom. The number of para-hydroxylation sites is 1. The van der Waals surface area contributed by atoms with Crippen molar-refractivity contribution in [2.75, 3.05) is 36.8 Å². The third-order valence-electron chi connectivity index (χ3n) is 7.16. The molecule has 0 aliphatic carbocycles. The second-order valence-electron chi connectivity index (χ2n) is 10.7. The predicted molar refractivity (Wildman–Crippen MR) is 189 cm³/mol. The number of hydrogen-bond acceptors (Lipinski definition) is 16. The highest BCUT2D eigenvalue weighted by Crippen LogP contribution is 2.38. The molecule has 0 fully saturated rings. The van der Waals surface area contributed by atoms with Crippen LogP contribution < -0.4 is 21.3 Å². The van der Waals surface area contributed by atoms with E-state index in [2.05, 4.69) is 44.2 Å². The minimum atomic E-state index is -4.62. The van der Waals surface area contributed by atoms with Crippen molar-refractivity contribution in [3.05, 3.63) is 84.7 Å². The van der Waals surface area contributed by atoms with Crippen molar-refractivity contribution < 1.29 is 43.0 Å². The number of fused-ring (bicyclic) bond motifs is 1. The quantitative estimate of drug-likeness (QED) is 0.0729. The van der Waals surface area contributed by atoms with Crippen LogP contribution in [0.5, 0.6) is 0 Å². The Morgan fingerprint density at radius 1 is 0.865 bits per heavy atom. The Labute approximate surface area is 297 Å². The number of anilines is 5. The van der Waals surface area contributed by atoms with E-state index in [1.54, 1.807) is 11.9 Å². The average Bonchev–Trinajstić information content (AvgIpc) is 3.09. The van der Waals surface area contributed by atoms with Crippen LogP contribution in [0, 0.1) is 0 Å². The van der Waals surface area contributed by atoms with E-state index < -0.39 is 57.6 Å². The van der Waals surface area contributed by atoms with Gasteiger partial charge < -0.3 is 21.3 Å². The standard InChI is InChI=1S/C30H29N9O10S3/c1-39(21-7-5-4-6-8-21)30-33-17-32-29(36-30)34-20-9-10-23(24(14-20)35-28(31)40)37-38-25-15-22-19(13-27(25)52(46,47)49-3)11-18(16-50(41,42)43)12-26(22)51(44,45)48-2/h4-15,17H,16H2,1-3H3,(H3,31,35,40)(H,41,42,43)(H,32,33,34,36). The summed E-state index contributed by atoms with van der Waals surface area (Å²) in [5, 5.41) is 13.4. The van der Waals surface area contributed by atoms with Crippen molar-refractivity contribution in [2.45, 2.75) is 15.5 Å². The first kappa shape index (κ1) is 37.6. The molecule has 0 saturated heterocycles. The molecule has 0 radical (unpaired) electrons. The second kappa shape index (κ2) is 14.9. The number of hydrogen-bond donors (Lipinski definition) is 4. The lowest BCUT2D eigenvalue weighted by atomic mass is 10.1. The molecule has 1 heterocycles. The van der Waals surface area contributed by atoms with Gasteiger partial charge in [0, 0.05) is 23.8 Å². The summed E-state index contributed by atoms with van der Waals surface area (Å²) in [5.74, 6) is -0.500. The molecule has 0 spiro atoms. The number of aromatic nitrogens is 3. The summed E-state index contributed by atoms with van der Waals surface area (Å²) < 4.78 is 93.7. The van der Waals surface area contributed by atoms with Gasteiger partial charge >= 0.3 is 6.03 Å². The summed E-state index contributed by atoms with van der Waals surface area (Å²) in [6.07, 6.45) is 1.31. The number of amides is 2. The number of urea groups is 1. The van der Waals surface area contributed by atoms with E-state index >= 15 is 0 Å². The topological polar surface area (TPSA) is 275 Å². The molecule has 1 aromatic heterocycles. The SMILES string of the molecule is COS(=O)(=O)c1cc2cc(CS(=O)(=O)O)cc(S(=O)(=O)OC)c2cc1N=Nc1ccc(Nc2ncnc(N(C)c3ccccc3)n2)cc1NC(N)=O. The molecule has 272 valence electrons. The lowest BCUT2D eigenvalue weighted by Gasteiger charge is -2.17. The van der Waals surface area contributed by atoms with Crippen molar-refractivity contribution in [3.63, 3.8) is 0 Å². The number of carbonyl (C=O) groups is 1. The highest BCUT2D eigenvalue weighted by Gasteiger charge is 2.25. The summed E-state index contributed by atoms with van der Waals surface area (Å²) in [6, 6.07) is 16.9. The molecule has 0 atom stereocenters. The lowest BCUT2D eigenvalue weighted by Crippen LogP contribution is -2.19. The van der Waals surface area contributed by atoms with Crippen molar-refractivity contribution in [1.82, 2.24) is 15.0 Å². The van der Waals surface area contributed by atoms with Crippen LogP contribution in [0.15, 0.2) is 99.1 Å². The number of nitrogens with one attached hydrogen (secondary N) is 2. The van der Waals surface area contributed by atoms with Gasteiger partial charge in [0.05, 0.1) is 19.9 Å². The maximum atomic E-state index is 13.0. The summed E-state index contributed by atoms with van der Waals surface area (Å²) in [5.41, 5.74) is 6.00. The zero-order valence-corrected chi connectivity index (χ0v) is 29.8. The fourth-order valence-corrected chi connectivity index (χ4v) is 7.13. The highest BCUT2D eigenvalue weighted by molar-refractivity contribution is 7.87. The molecule has 0 aliphatic rings. The highest BCUT2D eigenvalue weighted by atomic mass is 32.2. The first-order chi connectivity index (χ1) is 24.5. The van der Waals surface area contributed by atoms with Gasteiger partial charge in [-0.1, -0.05) is 18.2 Å². The number of azo groups is 1. The van der Waals surface area contributed by atoms with Gasteiger partial charge in [-0.3, -0.25) is 12.9 Å². The molecule has 0 aliphatic heterocycles. The summed E-state index contributed by atoms with van der Waals surface area (Å²) in [7, 11) is -10.2. The average molecular weight is 772 g/mol. The number of carbonyl (C=O) groups excluding carboxylic acids is 1. The molecule has 52 heavy (non-hydrogen) atoms. The largest absolute Gasteiger partial charge is 0.351 e. The van der Waals surface area contributed by atoms with E-state index in [0.29, 0.717) is 11.6 Å². The molecule has 22 heteroatoms. The minimum absolute atomic E-state index is 0.0152. The molecular weight excluding hydrogens is 743 g/mol. The van der Waals surface area contributed by atoms with Crippen molar-refractivity contribution >= 4 is 87.5 Å². The number of benzene rings is 4. The summed E-state index contributed by atoms with van der Waals surface area (Å²) >= 11 is 0. The lowest BCUT2D eigenvalue weighted by molar-refractivity contribution is 0.259. The zero-order valence-electron chi connectivity index (χ0n) is 27.3. The monoisotopic (exact) mass is 771 g/mol.